The molecule has 2 aromatic carbocycles. The fraction of sp³-hybridized carbons (Fsp3) is 0.278. The van der Waals surface area contributed by atoms with Crippen molar-refractivity contribution in [3.63, 3.8) is 0 Å². The van der Waals surface area contributed by atoms with E-state index in [0.717, 1.165) is 32.8 Å². The topological polar surface area (TPSA) is 38.3 Å². The smallest absolute Gasteiger partial charge is 0.237 e. The van der Waals surface area contributed by atoms with Crippen molar-refractivity contribution in [1.29, 1.82) is 0 Å². The number of anilines is 1. The van der Waals surface area contributed by atoms with Crippen LogP contribution < -0.4 is 10.1 Å². The maximum absolute atomic E-state index is 12.3. The third-order valence-electron chi connectivity index (χ3n) is 3.37. The number of nitrogens with one attached hydrogen (secondary N) is 1. The molecule has 1 atom stereocenters. The van der Waals surface area contributed by atoms with Gasteiger partial charge >= 0.3 is 0 Å². The highest BCUT2D eigenvalue weighted by atomic mass is 79.9. The summed E-state index contributed by atoms with van der Waals surface area (Å²) >= 11 is 5.09. The van der Waals surface area contributed by atoms with Crippen molar-refractivity contribution in [3.05, 3.63) is 58.1 Å². The molecule has 0 radical (unpaired) electrons. The summed E-state index contributed by atoms with van der Waals surface area (Å²) in [6.07, 6.45) is 0. The molecule has 0 saturated carbocycles. The molecule has 2 aromatic rings. The number of methoxy groups -OCH3 is 1. The van der Waals surface area contributed by atoms with E-state index in [0.29, 0.717) is 0 Å². The molecule has 0 saturated heterocycles. The minimum atomic E-state index is -0.128. The number of ether oxygens (including phenoxy) is 1. The lowest BCUT2D eigenvalue weighted by Gasteiger charge is -2.13. The maximum Gasteiger partial charge on any atom is 0.237 e. The van der Waals surface area contributed by atoms with Gasteiger partial charge in [-0.15, -0.1) is 11.8 Å². The molecular formula is C18H20BrNO2S. The Hall–Kier alpha value is -1.46. The SMILES string of the molecule is COc1ccc(CSC(C)C(=O)Nc2cccc(C)c2)cc1Br. The van der Waals surface area contributed by atoms with Crippen LogP contribution in [0.2, 0.25) is 0 Å². The van der Waals surface area contributed by atoms with Crippen molar-refractivity contribution in [2.45, 2.75) is 24.9 Å². The lowest BCUT2D eigenvalue weighted by molar-refractivity contribution is -0.115. The summed E-state index contributed by atoms with van der Waals surface area (Å²) in [6, 6.07) is 13.8. The van der Waals surface area contributed by atoms with Gasteiger partial charge in [-0.25, -0.2) is 0 Å². The van der Waals surface area contributed by atoms with Crippen molar-refractivity contribution in [1.82, 2.24) is 0 Å². The van der Waals surface area contributed by atoms with Crippen LogP contribution >= 0.6 is 27.7 Å². The highest BCUT2D eigenvalue weighted by Gasteiger charge is 2.14. The summed E-state index contributed by atoms with van der Waals surface area (Å²) < 4.78 is 6.15. The second-order valence-electron chi connectivity index (χ2n) is 5.28. The van der Waals surface area contributed by atoms with E-state index in [1.807, 2.05) is 56.3 Å². The summed E-state index contributed by atoms with van der Waals surface area (Å²) in [5.74, 6) is 1.60. The van der Waals surface area contributed by atoms with E-state index in [-0.39, 0.29) is 11.2 Å². The number of hydrogen-bond acceptors (Lipinski definition) is 3. The molecular weight excluding hydrogens is 374 g/mol. The van der Waals surface area contributed by atoms with Gasteiger partial charge < -0.3 is 10.1 Å². The zero-order chi connectivity index (χ0) is 16.8. The number of hydrogen-bond donors (Lipinski definition) is 1. The standard InChI is InChI=1S/C18H20BrNO2S/c1-12-5-4-6-15(9-12)20-18(21)13(2)23-11-14-7-8-17(22-3)16(19)10-14/h4-10,13H,11H2,1-3H3,(H,20,21). The van der Waals surface area contributed by atoms with Gasteiger partial charge in [0.15, 0.2) is 0 Å². The Morgan fingerprint density at radius 1 is 1.30 bits per heavy atom. The molecule has 3 nitrogen and oxygen atoms in total. The van der Waals surface area contributed by atoms with Crippen LogP contribution in [0.3, 0.4) is 0 Å². The molecule has 1 amide bonds. The van der Waals surface area contributed by atoms with E-state index in [2.05, 4.69) is 21.2 Å². The van der Waals surface area contributed by atoms with Gasteiger partial charge in [0, 0.05) is 11.4 Å². The van der Waals surface area contributed by atoms with Crippen LogP contribution in [0.5, 0.6) is 5.75 Å². The third-order valence-corrected chi connectivity index (χ3v) is 5.20. The minimum absolute atomic E-state index is 0.0215. The summed E-state index contributed by atoms with van der Waals surface area (Å²) in [5, 5.41) is 2.83. The summed E-state index contributed by atoms with van der Waals surface area (Å²) in [7, 11) is 1.65. The normalized spacial score (nSPS) is 11.8. The molecule has 5 heteroatoms. The van der Waals surface area contributed by atoms with Crippen LogP contribution in [0.25, 0.3) is 0 Å². The van der Waals surface area contributed by atoms with E-state index in [9.17, 15) is 4.79 Å². The molecule has 1 N–H and O–H groups in total. The van der Waals surface area contributed by atoms with Crippen LogP contribution in [0, 0.1) is 6.92 Å². The average molecular weight is 394 g/mol. The molecule has 0 aromatic heterocycles. The summed E-state index contributed by atoms with van der Waals surface area (Å²) in [6.45, 7) is 3.93. The molecule has 1 unspecified atom stereocenters. The minimum Gasteiger partial charge on any atom is -0.496 e. The zero-order valence-electron chi connectivity index (χ0n) is 13.4. The van der Waals surface area contributed by atoms with Gasteiger partial charge in [-0.2, -0.15) is 0 Å². The van der Waals surface area contributed by atoms with Gasteiger partial charge in [0.1, 0.15) is 5.75 Å². The van der Waals surface area contributed by atoms with E-state index < -0.39 is 0 Å². The largest absolute Gasteiger partial charge is 0.496 e. The predicted octanol–water partition coefficient (Wildman–Crippen LogP) is 5.03. The van der Waals surface area contributed by atoms with Gasteiger partial charge in [0.2, 0.25) is 5.91 Å². The predicted molar refractivity (Wildman–Crippen MR) is 101 cm³/mol. The Kier molecular flexibility index (Phi) is 6.54. The first-order valence-corrected chi connectivity index (χ1v) is 9.15. The van der Waals surface area contributed by atoms with Crippen LogP contribution in [-0.2, 0) is 10.5 Å². The van der Waals surface area contributed by atoms with Crippen molar-refractivity contribution in [2.75, 3.05) is 12.4 Å². The fourth-order valence-corrected chi connectivity index (χ4v) is 3.48. The number of halogens is 1. The molecule has 0 aliphatic rings. The number of carbonyl (C=O) groups excluding carboxylic acids is 1. The Morgan fingerprint density at radius 2 is 2.09 bits per heavy atom. The molecule has 23 heavy (non-hydrogen) atoms. The number of carbonyl (C=O) groups is 1. The molecule has 0 fully saturated rings. The molecule has 0 spiro atoms. The van der Waals surface area contributed by atoms with Gasteiger partial charge in [0.05, 0.1) is 16.8 Å². The molecule has 0 heterocycles. The van der Waals surface area contributed by atoms with Crippen molar-refractivity contribution >= 4 is 39.3 Å². The highest BCUT2D eigenvalue weighted by molar-refractivity contribution is 9.10. The zero-order valence-corrected chi connectivity index (χ0v) is 15.8. The van der Waals surface area contributed by atoms with E-state index >= 15 is 0 Å². The van der Waals surface area contributed by atoms with Gasteiger partial charge in [-0.3, -0.25) is 4.79 Å². The number of aryl methyl sites for hydroxylation is 1. The first kappa shape index (κ1) is 17.9. The van der Waals surface area contributed by atoms with Crippen LogP contribution in [0.4, 0.5) is 5.69 Å². The molecule has 2 rings (SSSR count). The van der Waals surface area contributed by atoms with Crippen molar-refractivity contribution in [3.8, 4) is 5.75 Å². The van der Waals surface area contributed by atoms with Gasteiger partial charge in [0.25, 0.3) is 0 Å². The van der Waals surface area contributed by atoms with Crippen molar-refractivity contribution in [2.24, 2.45) is 0 Å². The van der Waals surface area contributed by atoms with Crippen LogP contribution in [-0.4, -0.2) is 18.3 Å². The second kappa shape index (κ2) is 8.41. The summed E-state index contributed by atoms with van der Waals surface area (Å²) in [5.41, 5.74) is 3.12. The van der Waals surface area contributed by atoms with Crippen LogP contribution in [0.15, 0.2) is 46.9 Å². The van der Waals surface area contributed by atoms with E-state index in [1.165, 1.54) is 0 Å². The fourth-order valence-electron chi connectivity index (χ4n) is 2.06. The molecule has 0 aliphatic heterocycles. The third kappa shape index (κ3) is 5.29. The Balaban J connectivity index is 1.90. The average Bonchev–Trinajstić information content (AvgIpc) is 2.52. The van der Waals surface area contributed by atoms with E-state index in [4.69, 9.17) is 4.74 Å². The summed E-state index contributed by atoms with van der Waals surface area (Å²) in [4.78, 5) is 12.3. The first-order valence-electron chi connectivity index (χ1n) is 7.31. The number of benzene rings is 2. The van der Waals surface area contributed by atoms with Crippen molar-refractivity contribution < 1.29 is 9.53 Å². The Morgan fingerprint density at radius 3 is 2.74 bits per heavy atom. The quantitative estimate of drug-likeness (QED) is 0.747. The Labute approximate surface area is 149 Å². The lowest BCUT2D eigenvalue weighted by Crippen LogP contribution is -2.22. The monoisotopic (exact) mass is 393 g/mol. The molecule has 122 valence electrons. The van der Waals surface area contributed by atoms with Gasteiger partial charge in [-0.1, -0.05) is 18.2 Å². The Bertz CT molecular complexity index is 690. The molecule has 0 aliphatic carbocycles. The first-order chi connectivity index (χ1) is 11.0. The highest BCUT2D eigenvalue weighted by Crippen LogP contribution is 2.28. The number of thioether (sulfide) groups is 1. The lowest BCUT2D eigenvalue weighted by atomic mass is 10.2. The maximum atomic E-state index is 12.3. The molecule has 0 bridgehead atoms. The van der Waals surface area contributed by atoms with Crippen LogP contribution in [0.1, 0.15) is 18.1 Å². The number of rotatable bonds is 6. The second-order valence-corrected chi connectivity index (χ2v) is 7.46. The van der Waals surface area contributed by atoms with Gasteiger partial charge in [-0.05, 0) is 65.2 Å². The number of amides is 1. The van der Waals surface area contributed by atoms with E-state index in [1.54, 1.807) is 18.9 Å².